The molecule has 0 aromatic rings. The second kappa shape index (κ2) is 6.53. The van der Waals surface area contributed by atoms with Crippen molar-refractivity contribution < 1.29 is 9.53 Å². The van der Waals surface area contributed by atoms with Crippen LogP contribution in [0.5, 0.6) is 0 Å². The smallest absolute Gasteiger partial charge is 0.318 e. The van der Waals surface area contributed by atoms with Gasteiger partial charge in [0.1, 0.15) is 0 Å². The molecule has 0 aliphatic rings. The lowest BCUT2D eigenvalue weighted by Crippen LogP contribution is -2.17. The largest absolute Gasteiger partial charge is 0.465 e. The molecule has 1 atom stereocenters. The minimum Gasteiger partial charge on any atom is -0.465 e. The highest BCUT2D eigenvalue weighted by atomic mass is 32.1. The van der Waals surface area contributed by atoms with E-state index in [2.05, 4.69) is 19.6 Å². The number of rotatable bonds is 5. The lowest BCUT2D eigenvalue weighted by atomic mass is 10.3. The Hall–Kier alpha value is -0.180. The molecule has 0 spiro atoms. The quantitative estimate of drug-likeness (QED) is 0.394. The van der Waals surface area contributed by atoms with Crippen LogP contribution in [-0.2, 0) is 9.53 Å². The Morgan fingerprint density at radius 2 is 2.18 bits per heavy atom. The fraction of sp³-hybridized carbons (Fsp3) is 0.875. The van der Waals surface area contributed by atoms with Crippen LogP contribution in [0.1, 0.15) is 33.1 Å². The molecule has 0 aromatic heterocycles. The number of unbranched alkanes of at least 4 members (excludes halogenated alkanes) is 1. The maximum Gasteiger partial charge on any atom is 0.318 e. The zero-order chi connectivity index (χ0) is 8.69. The molecule has 0 aliphatic carbocycles. The van der Waals surface area contributed by atoms with Crippen LogP contribution >= 0.6 is 12.6 Å². The van der Waals surface area contributed by atoms with Gasteiger partial charge in [0.25, 0.3) is 0 Å². The van der Waals surface area contributed by atoms with Gasteiger partial charge >= 0.3 is 5.97 Å². The summed E-state index contributed by atoms with van der Waals surface area (Å²) in [4.78, 5) is 11.0. The van der Waals surface area contributed by atoms with Crippen LogP contribution in [0.25, 0.3) is 0 Å². The molecule has 0 amide bonds. The van der Waals surface area contributed by atoms with Crippen molar-refractivity contribution in [3.05, 3.63) is 0 Å². The normalized spacial score (nSPS) is 12.6. The van der Waals surface area contributed by atoms with E-state index in [1.165, 1.54) is 0 Å². The summed E-state index contributed by atoms with van der Waals surface area (Å²) >= 11 is 4.05. The molecule has 0 bridgehead atoms. The third-order valence-electron chi connectivity index (χ3n) is 1.40. The fourth-order valence-electron chi connectivity index (χ4n) is 0.580. The number of thiol groups is 1. The summed E-state index contributed by atoms with van der Waals surface area (Å²) in [5, 5.41) is -0.244. The first-order valence-corrected chi connectivity index (χ1v) is 4.58. The van der Waals surface area contributed by atoms with Crippen LogP contribution in [0.3, 0.4) is 0 Å². The van der Waals surface area contributed by atoms with E-state index in [4.69, 9.17) is 4.74 Å². The Balaban J connectivity index is 3.36. The highest BCUT2D eigenvalue weighted by molar-refractivity contribution is 7.81. The number of carbonyl (C=O) groups is 1. The second-order valence-electron chi connectivity index (χ2n) is 2.45. The van der Waals surface area contributed by atoms with E-state index >= 15 is 0 Å². The third kappa shape index (κ3) is 5.13. The van der Waals surface area contributed by atoms with Crippen molar-refractivity contribution in [2.24, 2.45) is 0 Å². The van der Waals surface area contributed by atoms with Crippen LogP contribution in [0.15, 0.2) is 0 Å². The molecule has 0 fully saturated rings. The standard InChI is InChI=1S/C8H16O2S/c1-3-5-6-10-8(9)7(11)4-2/h7,11H,3-6H2,1-2H3. The monoisotopic (exact) mass is 176 g/mol. The summed E-state index contributed by atoms with van der Waals surface area (Å²) < 4.78 is 4.92. The van der Waals surface area contributed by atoms with Gasteiger partial charge in [0.2, 0.25) is 0 Å². The molecular formula is C8H16O2S. The Labute approximate surface area is 73.7 Å². The van der Waals surface area contributed by atoms with Crippen molar-refractivity contribution in [1.29, 1.82) is 0 Å². The van der Waals surface area contributed by atoms with E-state index < -0.39 is 0 Å². The molecule has 0 aliphatic heterocycles. The van der Waals surface area contributed by atoms with E-state index in [1.54, 1.807) is 0 Å². The van der Waals surface area contributed by atoms with E-state index in [-0.39, 0.29) is 11.2 Å². The van der Waals surface area contributed by atoms with Crippen molar-refractivity contribution in [2.75, 3.05) is 6.61 Å². The zero-order valence-corrected chi connectivity index (χ0v) is 8.06. The summed E-state index contributed by atoms with van der Waals surface area (Å²) in [6, 6.07) is 0. The van der Waals surface area contributed by atoms with Crippen LogP contribution in [0.2, 0.25) is 0 Å². The fourth-order valence-corrected chi connectivity index (χ4v) is 0.654. The molecule has 3 heteroatoms. The molecule has 0 aromatic carbocycles. The van der Waals surface area contributed by atoms with Crippen LogP contribution in [0, 0.1) is 0 Å². The summed E-state index contributed by atoms with van der Waals surface area (Å²) in [5.74, 6) is -0.190. The molecular weight excluding hydrogens is 160 g/mol. The van der Waals surface area contributed by atoms with Crippen molar-refractivity contribution in [3.8, 4) is 0 Å². The van der Waals surface area contributed by atoms with E-state index in [9.17, 15) is 4.79 Å². The van der Waals surface area contributed by atoms with Gasteiger partial charge in [0, 0.05) is 0 Å². The first kappa shape index (κ1) is 10.8. The summed E-state index contributed by atoms with van der Waals surface area (Å²) in [6.07, 6.45) is 2.72. The van der Waals surface area contributed by atoms with Crippen LogP contribution < -0.4 is 0 Å². The zero-order valence-electron chi connectivity index (χ0n) is 7.17. The highest BCUT2D eigenvalue weighted by Gasteiger charge is 2.11. The maximum atomic E-state index is 11.0. The third-order valence-corrected chi connectivity index (χ3v) is 1.98. The Kier molecular flexibility index (Phi) is 6.42. The van der Waals surface area contributed by atoms with Gasteiger partial charge in [0.05, 0.1) is 11.9 Å². The topological polar surface area (TPSA) is 26.3 Å². The molecule has 0 saturated heterocycles. The first-order valence-electron chi connectivity index (χ1n) is 4.07. The second-order valence-corrected chi connectivity index (χ2v) is 3.07. The Morgan fingerprint density at radius 1 is 1.55 bits per heavy atom. The summed E-state index contributed by atoms with van der Waals surface area (Å²) in [7, 11) is 0. The minimum atomic E-state index is -0.244. The SMILES string of the molecule is CCCCOC(=O)C(S)CC. The molecule has 0 heterocycles. The van der Waals surface area contributed by atoms with Gasteiger partial charge in [0.15, 0.2) is 0 Å². The van der Waals surface area contributed by atoms with Crippen molar-refractivity contribution in [1.82, 2.24) is 0 Å². The molecule has 1 unspecified atom stereocenters. The number of esters is 1. The number of hydrogen-bond acceptors (Lipinski definition) is 3. The summed E-state index contributed by atoms with van der Waals surface area (Å²) in [5.41, 5.74) is 0. The number of ether oxygens (including phenoxy) is 1. The average Bonchev–Trinajstić information content (AvgIpc) is 2.03. The van der Waals surface area contributed by atoms with Crippen LogP contribution in [-0.4, -0.2) is 17.8 Å². The molecule has 0 N–H and O–H groups in total. The van der Waals surface area contributed by atoms with Crippen molar-refractivity contribution in [3.63, 3.8) is 0 Å². The van der Waals surface area contributed by atoms with Gasteiger partial charge < -0.3 is 4.74 Å². The van der Waals surface area contributed by atoms with Crippen molar-refractivity contribution >= 4 is 18.6 Å². The van der Waals surface area contributed by atoms with Gasteiger partial charge in [-0.2, -0.15) is 12.6 Å². The predicted molar refractivity (Wildman–Crippen MR) is 48.9 cm³/mol. The molecule has 0 radical (unpaired) electrons. The molecule has 2 nitrogen and oxygen atoms in total. The van der Waals surface area contributed by atoms with Gasteiger partial charge in [-0.15, -0.1) is 0 Å². The van der Waals surface area contributed by atoms with E-state index in [0.717, 1.165) is 19.3 Å². The van der Waals surface area contributed by atoms with Gasteiger partial charge in [-0.1, -0.05) is 20.3 Å². The average molecular weight is 176 g/mol. The first-order chi connectivity index (χ1) is 5.22. The maximum absolute atomic E-state index is 11.0. The Bertz CT molecular complexity index is 115. The predicted octanol–water partition coefficient (Wildman–Crippen LogP) is 2.04. The van der Waals surface area contributed by atoms with Gasteiger partial charge in [-0.25, -0.2) is 0 Å². The Morgan fingerprint density at radius 3 is 2.64 bits per heavy atom. The number of hydrogen-bond donors (Lipinski definition) is 1. The number of carbonyl (C=O) groups excluding carboxylic acids is 1. The highest BCUT2D eigenvalue weighted by Crippen LogP contribution is 2.03. The van der Waals surface area contributed by atoms with Gasteiger partial charge in [-0.3, -0.25) is 4.79 Å². The molecule has 0 saturated carbocycles. The summed E-state index contributed by atoms with van der Waals surface area (Å²) in [6.45, 7) is 4.51. The van der Waals surface area contributed by atoms with Crippen LogP contribution in [0.4, 0.5) is 0 Å². The molecule has 11 heavy (non-hydrogen) atoms. The van der Waals surface area contributed by atoms with E-state index in [1.807, 2.05) is 6.92 Å². The lowest BCUT2D eigenvalue weighted by molar-refractivity contribution is -0.143. The lowest BCUT2D eigenvalue weighted by Gasteiger charge is -2.07. The van der Waals surface area contributed by atoms with Gasteiger partial charge in [-0.05, 0) is 12.8 Å². The molecule has 66 valence electrons. The van der Waals surface area contributed by atoms with E-state index in [0.29, 0.717) is 6.61 Å². The molecule has 0 rings (SSSR count). The van der Waals surface area contributed by atoms with Crippen molar-refractivity contribution in [2.45, 2.75) is 38.4 Å². The minimum absolute atomic E-state index is 0.190.